The fraction of sp³-hybridized carbons (Fsp3) is 0.682. The number of nitrogens with two attached hydrogens (primary N) is 1. The normalized spacial score (nSPS) is 26.1. The van der Waals surface area contributed by atoms with Gasteiger partial charge in [0.25, 0.3) is 0 Å². The molecule has 150 valence electrons. The molecule has 0 aliphatic carbocycles. The summed E-state index contributed by atoms with van der Waals surface area (Å²) in [4.78, 5) is 17.2. The largest absolute Gasteiger partial charge is 0.373 e. The van der Waals surface area contributed by atoms with E-state index in [-0.39, 0.29) is 5.91 Å². The van der Waals surface area contributed by atoms with Crippen LogP contribution in [-0.4, -0.2) is 60.6 Å². The van der Waals surface area contributed by atoms with Crippen LogP contribution in [0.3, 0.4) is 0 Å². The van der Waals surface area contributed by atoms with Crippen molar-refractivity contribution in [3.63, 3.8) is 0 Å². The minimum Gasteiger partial charge on any atom is -0.373 e. The zero-order chi connectivity index (χ0) is 19.4. The minimum absolute atomic E-state index is 0.0631. The van der Waals surface area contributed by atoms with Crippen molar-refractivity contribution < 1.29 is 9.53 Å². The molecule has 3 atom stereocenters. The minimum atomic E-state index is -0.543. The van der Waals surface area contributed by atoms with Crippen LogP contribution in [0.5, 0.6) is 0 Å². The number of ether oxygens (including phenoxy) is 1. The fourth-order valence-corrected chi connectivity index (χ4v) is 4.39. The number of piperidine rings is 1. The molecule has 3 rings (SSSR count). The summed E-state index contributed by atoms with van der Waals surface area (Å²) in [6.07, 6.45) is 4.04. The van der Waals surface area contributed by atoms with Gasteiger partial charge in [-0.25, -0.2) is 0 Å². The first kappa shape index (κ1) is 20.3. The Morgan fingerprint density at radius 2 is 1.74 bits per heavy atom. The molecular formula is C22H35N3O2. The number of amides is 1. The highest BCUT2D eigenvalue weighted by Gasteiger charge is 2.28. The predicted molar refractivity (Wildman–Crippen MR) is 108 cm³/mol. The molecule has 0 spiro atoms. The van der Waals surface area contributed by atoms with Crippen LogP contribution in [0.2, 0.25) is 0 Å². The first-order chi connectivity index (χ1) is 12.9. The molecule has 5 heteroatoms. The van der Waals surface area contributed by atoms with Crippen LogP contribution in [0.4, 0.5) is 0 Å². The summed E-state index contributed by atoms with van der Waals surface area (Å²) in [5.41, 5.74) is 8.32. The summed E-state index contributed by atoms with van der Waals surface area (Å²) in [7, 11) is 0. The lowest BCUT2D eigenvalue weighted by atomic mass is 9.92. The van der Waals surface area contributed by atoms with Gasteiger partial charge in [-0.3, -0.25) is 9.69 Å². The van der Waals surface area contributed by atoms with Crippen LogP contribution in [0, 0.1) is 12.8 Å². The number of carbonyl (C=O) groups is 1. The Kier molecular flexibility index (Phi) is 6.90. The van der Waals surface area contributed by atoms with Crippen molar-refractivity contribution in [1.82, 2.24) is 9.80 Å². The Morgan fingerprint density at radius 3 is 2.33 bits per heavy atom. The number of carbonyl (C=O) groups excluding carboxylic acids is 1. The maximum Gasteiger partial charge on any atom is 0.244 e. The highest BCUT2D eigenvalue weighted by Crippen LogP contribution is 2.24. The molecule has 1 aromatic carbocycles. The van der Waals surface area contributed by atoms with Crippen molar-refractivity contribution >= 4 is 5.91 Å². The number of likely N-dealkylation sites (tertiary alicyclic amines) is 1. The van der Waals surface area contributed by atoms with Crippen LogP contribution in [0.1, 0.15) is 50.3 Å². The average Bonchev–Trinajstić information content (AvgIpc) is 2.65. The summed E-state index contributed by atoms with van der Waals surface area (Å²) in [5, 5.41) is 0. The zero-order valence-electron chi connectivity index (χ0n) is 17.1. The van der Waals surface area contributed by atoms with Gasteiger partial charge in [0.15, 0.2) is 0 Å². The molecule has 2 aliphatic rings. The van der Waals surface area contributed by atoms with Crippen molar-refractivity contribution in [3.05, 3.63) is 35.4 Å². The second-order valence-corrected chi connectivity index (χ2v) is 8.46. The monoisotopic (exact) mass is 373 g/mol. The van der Waals surface area contributed by atoms with Gasteiger partial charge in [-0.15, -0.1) is 0 Å². The molecule has 2 N–H and O–H groups in total. The van der Waals surface area contributed by atoms with Crippen LogP contribution in [-0.2, 0) is 9.53 Å². The van der Waals surface area contributed by atoms with Crippen molar-refractivity contribution in [2.45, 2.75) is 58.3 Å². The molecule has 2 aliphatic heterocycles. The van der Waals surface area contributed by atoms with Crippen LogP contribution >= 0.6 is 0 Å². The van der Waals surface area contributed by atoms with E-state index < -0.39 is 6.04 Å². The van der Waals surface area contributed by atoms with Gasteiger partial charge in [-0.05, 0) is 58.1 Å². The number of nitrogens with zero attached hydrogens (tertiary/aromatic N) is 2. The SMILES string of the molecule is Cc1ccc(C(N)C(=O)N2CCC(CCN3CC(C)OC(C)C3)CC2)cc1. The Balaban J connectivity index is 1.43. The van der Waals surface area contributed by atoms with Gasteiger partial charge in [0.2, 0.25) is 5.91 Å². The predicted octanol–water partition coefficient (Wildman–Crippen LogP) is 2.73. The maximum atomic E-state index is 12.7. The van der Waals surface area contributed by atoms with E-state index in [1.807, 2.05) is 36.1 Å². The van der Waals surface area contributed by atoms with E-state index in [9.17, 15) is 4.79 Å². The topological polar surface area (TPSA) is 58.8 Å². The number of hydrogen-bond acceptors (Lipinski definition) is 4. The Bertz CT molecular complexity index is 600. The molecule has 1 aromatic rings. The number of hydrogen-bond donors (Lipinski definition) is 1. The van der Waals surface area contributed by atoms with Crippen LogP contribution in [0.15, 0.2) is 24.3 Å². The van der Waals surface area contributed by atoms with Gasteiger partial charge < -0.3 is 15.4 Å². The van der Waals surface area contributed by atoms with Gasteiger partial charge >= 0.3 is 0 Å². The highest BCUT2D eigenvalue weighted by atomic mass is 16.5. The van der Waals surface area contributed by atoms with Gasteiger partial charge in [0.1, 0.15) is 6.04 Å². The molecule has 2 fully saturated rings. The standard InChI is InChI=1S/C22H35N3O2/c1-16-4-6-20(7-5-16)21(23)22(26)25-12-9-19(10-13-25)8-11-24-14-17(2)27-18(3)15-24/h4-7,17-19,21H,8-15,23H2,1-3H3. The van der Waals surface area contributed by atoms with E-state index in [1.54, 1.807) is 0 Å². The molecule has 2 saturated heterocycles. The summed E-state index contributed by atoms with van der Waals surface area (Å²) >= 11 is 0. The molecular weight excluding hydrogens is 338 g/mol. The van der Waals surface area contributed by atoms with Gasteiger partial charge in [-0.1, -0.05) is 29.8 Å². The second kappa shape index (κ2) is 9.18. The number of morpholine rings is 1. The van der Waals surface area contributed by atoms with Crippen LogP contribution < -0.4 is 5.73 Å². The molecule has 5 nitrogen and oxygen atoms in total. The molecule has 0 aromatic heterocycles. The van der Waals surface area contributed by atoms with E-state index in [0.717, 1.165) is 51.1 Å². The summed E-state index contributed by atoms with van der Waals surface area (Å²) in [5.74, 6) is 0.770. The highest BCUT2D eigenvalue weighted by molar-refractivity contribution is 5.83. The fourth-order valence-electron chi connectivity index (χ4n) is 4.39. The van der Waals surface area contributed by atoms with Gasteiger partial charge in [0, 0.05) is 26.2 Å². The zero-order valence-corrected chi connectivity index (χ0v) is 17.1. The quantitative estimate of drug-likeness (QED) is 0.862. The average molecular weight is 374 g/mol. The van der Waals surface area contributed by atoms with Crippen LogP contribution in [0.25, 0.3) is 0 Å². The van der Waals surface area contributed by atoms with Crippen molar-refractivity contribution in [1.29, 1.82) is 0 Å². The van der Waals surface area contributed by atoms with E-state index in [4.69, 9.17) is 10.5 Å². The molecule has 0 radical (unpaired) electrons. The lowest BCUT2D eigenvalue weighted by molar-refractivity contribution is -0.134. The third-order valence-electron chi connectivity index (χ3n) is 5.98. The molecule has 0 saturated carbocycles. The second-order valence-electron chi connectivity index (χ2n) is 8.46. The first-order valence-electron chi connectivity index (χ1n) is 10.4. The molecule has 3 unspecified atom stereocenters. The Labute approximate surface area is 163 Å². The molecule has 1 amide bonds. The maximum absolute atomic E-state index is 12.7. The van der Waals surface area contributed by atoms with Gasteiger partial charge in [0.05, 0.1) is 12.2 Å². The van der Waals surface area contributed by atoms with E-state index in [1.165, 1.54) is 12.0 Å². The number of rotatable bonds is 5. The summed E-state index contributed by atoms with van der Waals surface area (Å²) in [6.45, 7) is 11.2. The van der Waals surface area contributed by atoms with Crippen molar-refractivity contribution in [3.8, 4) is 0 Å². The van der Waals surface area contributed by atoms with Gasteiger partial charge in [-0.2, -0.15) is 0 Å². The molecule has 27 heavy (non-hydrogen) atoms. The summed E-state index contributed by atoms with van der Waals surface area (Å²) in [6, 6.07) is 7.42. The Morgan fingerprint density at radius 1 is 1.15 bits per heavy atom. The van der Waals surface area contributed by atoms with E-state index in [2.05, 4.69) is 18.7 Å². The molecule has 2 heterocycles. The summed E-state index contributed by atoms with van der Waals surface area (Å²) < 4.78 is 5.82. The number of aryl methyl sites for hydroxylation is 1. The number of benzene rings is 1. The van der Waals surface area contributed by atoms with E-state index >= 15 is 0 Å². The smallest absolute Gasteiger partial charge is 0.244 e. The van der Waals surface area contributed by atoms with E-state index in [0.29, 0.717) is 18.1 Å². The lowest BCUT2D eigenvalue weighted by Crippen LogP contribution is -2.46. The third-order valence-corrected chi connectivity index (χ3v) is 5.98. The first-order valence-corrected chi connectivity index (χ1v) is 10.4. The Hall–Kier alpha value is -1.43. The van der Waals surface area contributed by atoms with Crippen molar-refractivity contribution in [2.24, 2.45) is 11.7 Å². The van der Waals surface area contributed by atoms with Crippen molar-refractivity contribution in [2.75, 3.05) is 32.7 Å². The lowest BCUT2D eigenvalue weighted by Gasteiger charge is -2.37. The third kappa shape index (κ3) is 5.53. The molecule has 0 bridgehead atoms.